The quantitative estimate of drug-likeness (QED) is 0.606. The first-order valence-electron chi connectivity index (χ1n) is 4.87. The molecule has 0 bridgehead atoms. The van der Waals surface area contributed by atoms with Crippen molar-refractivity contribution in [1.82, 2.24) is 0 Å². The topological polar surface area (TPSA) is 26.0 Å². The Kier molecular flexibility index (Phi) is 1.90. The number of allylic oxidation sites excluding steroid dienone is 5. The second kappa shape index (κ2) is 2.93. The predicted octanol–water partition coefficient (Wildman–Crippen LogP) is 2.53. The molecule has 0 fully saturated rings. The van der Waals surface area contributed by atoms with E-state index < -0.39 is 0 Å². The first kappa shape index (κ1) is 8.40. The average Bonchev–Trinajstić information content (AvgIpc) is 2.41. The Bertz CT molecular complexity index is 351. The number of rotatable bonds is 1. The fourth-order valence-corrected chi connectivity index (χ4v) is 2.26. The molecule has 0 heterocycles. The smallest absolute Gasteiger partial charge is 0.0178 e. The van der Waals surface area contributed by atoms with Crippen molar-refractivity contribution in [3.8, 4) is 0 Å². The summed E-state index contributed by atoms with van der Waals surface area (Å²) in [6.45, 7) is 4.36. The van der Waals surface area contributed by atoms with E-state index in [1.807, 2.05) is 6.08 Å². The number of fused-ring (bicyclic) bond motifs is 1. The van der Waals surface area contributed by atoms with Gasteiger partial charge < -0.3 is 5.73 Å². The molecule has 2 aliphatic rings. The summed E-state index contributed by atoms with van der Waals surface area (Å²) >= 11 is 0. The molecule has 13 heavy (non-hydrogen) atoms. The van der Waals surface area contributed by atoms with Gasteiger partial charge in [-0.05, 0) is 29.7 Å². The molecular formula is C12H15N. The van der Waals surface area contributed by atoms with E-state index in [0.717, 1.165) is 12.1 Å². The zero-order valence-electron chi connectivity index (χ0n) is 8.17. The molecule has 0 aliphatic heterocycles. The van der Waals surface area contributed by atoms with Crippen LogP contribution in [0.25, 0.3) is 0 Å². The van der Waals surface area contributed by atoms with Crippen LogP contribution in [0.2, 0.25) is 0 Å². The van der Waals surface area contributed by atoms with Gasteiger partial charge in [0.2, 0.25) is 0 Å². The first-order valence-corrected chi connectivity index (χ1v) is 4.87. The minimum atomic E-state index is 0.461. The normalized spacial score (nSPS) is 30.8. The first-order chi connectivity index (χ1) is 6.25. The van der Waals surface area contributed by atoms with Gasteiger partial charge in [0.05, 0.1) is 0 Å². The lowest BCUT2D eigenvalue weighted by molar-refractivity contribution is 0.586. The monoisotopic (exact) mass is 173 g/mol. The van der Waals surface area contributed by atoms with Crippen LogP contribution in [-0.4, -0.2) is 0 Å². The third-order valence-electron chi connectivity index (χ3n) is 3.07. The summed E-state index contributed by atoms with van der Waals surface area (Å²) in [6, 6.07) is 0. The summed E-state index contributed by atoms with van der Waals surface area (Å²) in [5, 5.41) is 0. The van der Waals surface area contributed by atoms with Crippen molar-refractivity contribution in [3.05, 3.63) is 40.8 Å². The lowest BCUT2D eigenvalue weighted by Crippen LogP contribution is -2.11. The van der Waals surface area contributed by atoms with E-state index in [1.165, 1.54) is 11.1 Å². The molecular weight excluding hydrogens is 158 g/mol. The van der Waals surface area contributed by atoms with Crippen LogP contribution in [0.15, 0.2) is 40.8 Å². The van der Waals surface area contributed by atoms with Crippen LogP contribution in [0.1, 0.15) is 20.3 Å². The van der Waals surface area contributed by atoms with E-state index in [2.05, 4.69) is 31.7 Å². The molecule has 1 heteroatoms. The van der Waals surface area contributed by atoms with Crippen LogP contribution >= 0.6 is 0 Å². The molecule has 2 aliphatic carbocycles. The average molecular weight is 173 g/mol. The largest absolute Gasteiger partial charge is 0.402 e. The van der Waals surface area contributed by atoms with Crippen molar-refractivity contribution in [1.29, 1.82) is 0 Å². The molecule has 2 N–H and O–H groups in total. The van der Waals surface area contributed by atoms with Crippen LogP contribution in [-0.2, 0) is 0 Å². The summed E-state index contributed by atoms with van der Waals surface area (Å²) in [7, 11) is 0. The molecule has 2 unspecified atom stereocenters. The van der Waals surface area contributed by atoms with Crippen LogP contribution in [0.5, 0.6) is 0 Å². The van der Waals surface area contributed by atoms with Gasteiger partial charge in [-0.15, -0.1) is 5.73 Å². The van der Waals surface area contributed by atoms with Crippen LogP contribution in [0.3, 0.4) is 0 Å². The van der Waals surface area contributed by atoms with Crippen LogP contribution in [0.4, 0.5) is 0 Å². The van der Waals surface area contributed by atoms with Crippen LogP contribution < -0.4 is 5.73 Å². The van der Waals surface area contributed by atoms with E-state index >= 15 is 0 Å². The highest BCUT2D eigenvalue weighted by Gasteiger charge is 2.32. The van der Waals surface area contributed by atoms with Gasteiger partial charge >= 0.3 is 0 Å². The van der Waals surface area contributed by atoms with E-state index in [0.29, 0.717) is 11.8 Å². The van der Waals surface area contributed by atoms with Gasteiger partial charge in [-0.3, -0.25) is 0 Å². The van der Waals surface area contributed by atoms with Gasteiger partial charge in [-0.2, -0.15) is 0 Å². The molecule has 0 aromatic rings. The molecule has 68 valence electrons. The molecule has 2 atom stereocenters. The van der Waals surface area contributed by atoms with E-state index in [4.69, 9.17) is 5.73 Å². The van der Waals surface area contributed by atoms with Gasteiger partial charge in [-0.1, -0.05) is 19.9 Å². The number of nitrogens with two attached hydrogens (primary N) is 1. The molecule has 1 nitrogen and oxygen atoms in total. The summed E-state index contributed by atoms with van der Waals surface area (Å²) < 4.78 is 0. The molecule has 0 saturated heterocycles. The molecule has 0 radical (unpaired) electrons. The maximum Gasteiger partial charge on any atom is 0.0178 e. The maximum atomic E-state index is 6.07. The number of hydrogen-bond donors (Lipinski definition) is 1. The Hall–Kier alpha value is -1.20. The zero-order chi connectivity index (χ0) is 9.42. The van der Waals surface area contributed by atoms with E-state index in [1.54, 1.807) is 0 Å². The third kappa shape index (κ3) is 1.08. The lowest BCUT2D eigenvalue weighted by atomic mass is 9.89. The van der Waals surface area contributed by atoms with Gasteiger partial charge in [0.15, 0.2) is 0 Å². The zero-order valence-corrected chi connectivity index (χ0v) is 8.17. The fourth-order valence-electron chi connectivity index (χ4n) is 2.26. The Balaban J connectivity index is 2.48. The predicted molar refractivity (Wildman–Crippen MR) is 54.9 cm³/mol. The van der Waals surface area contributed by atoms with Crippen molar-refractivity contribution in [2.24, 2.45) is 17.6 Å². The number of hydrogen-bond acceptors (Lipinski definition) is 1. The molecule has 0 amide bonds. The Labute approximate surface area is 79.3 Å². The second-order valence-electron chi connectivity index (χ2n) is 3.72. The minimum absolute atomic E-state index is 0.461. The van der Waals surface area contributed by atoms with Crippen molar-refractivity contribution in [2.75, 3.05) is 0 Å². The second-order valence-corrected chi connectivity index (χ2v) is 3.72. The Morgan fingerprint density at radius 2 is 2.31 bits per heavy atom. The lowest BCUT2D eigenvalue weighted by Gasteiger charge is -2.14. The summed E-state index contributed by atoms with van der Waals surface area (Å²) in [6.07, 6.45) is 7.31. The van der Waals surface area contributed by atoms with Crippen molar-refractivity contribution < 1.29 is 0 Å². The Morgan fingerprint density at radius 1 is 1.54 bits per heavy atom. The van der Waals surface area contributed by atoms with Gasteiger partial charge in [-0.25, -0.2) is 0 Å². The van der Waals surface area contributed by atoms with Gasteiger partial charge in [0.25, 0.3) is 0 Å². The summed E-state index contributed by atoms with van der Waals surface area (Å²) in [4.78, 5) is 0. The van der Waals surface area contributed by atoms with Gasteiger partial charge in [0, 0.05) is 17.5 Å². The SMILES string of the molecule is CCC1=C(N)C(C)C2C=C=CC=C12. The summed E-state index contributed by atoms with van der Waals surface area (Å²) in [5.41, 5.74) is 13.1. The highest BCUT2D eigenvalue weighted by molar-refractivity contribution is 5.48. The van der Waals surface area contributed by atoms with E-state index in [-0.39, 0.29) is 0 Å². The summed E-state index contributed by atoms with van der Waals surface area (Å²) in [5.74, 6) is 0.947. The van der Waals surface area contributed by atoms with Crippen molar-refractivity contribution >= 4 is 0 Å². The molecule has 0 spiro atoms. The molecule has 0 aromatic carbocycles. The van der Waals surface area contributed by atoms with Gasteiger partial charge in [0.1, 0.15) is 0 Å². The highest BCUT2D eigenvalue weighted by Crippen LogP contribution is 2.41. The Morgan fingerprint density at radius 3 is 3.00 bits per heavy atom. The van der Waals surface area contributed by atoms with Crippen molar-refractivity contribution in [3.63, 3.8) is 0 Å². The molecule has 2 rings (SSSR count). The van der Waals surface area contributed by atoms with Crippen LogP contribution in [0, 0.1) is 11.8 Å². The minimum Gasteiger partial charge on any atom is -0.402 e. The maximum absolute atomic E-state index is 6.07. The standard InChI is InChI=1S/C12H15N/c1-3-9-11-7-5-4-6-10(11)8(2)12(9)13/h5-8,10H,3,13H2,1-2H3. The van der Waals surface area contributed by atoms with Crippen molar-refractivity contribution in [2.45, 2.75) is 20.3 Å². The fraction of sp³-hybridized carbons (Fsp3) is 0.417. The van der Waals surface area contributed by atoms with E-state index in [9.17, 15) is 0 Å². The highest BCUT2D eigenvalue weighted by atomic mass is 14.6. The molecule has 0 saturated carbocycles. The third-order valence-corrected chi connectivity index (χ3v) is 3.07. The molecule has 0 aromatic heterocycles.